The summed E-state index contributed by atoms with van der Waals surface area (Å²) in [4.78, 5) is 40.3. The molecule has 0 aliphatic heterocycles. The van der Waals surface area contributed by atoms with Crippen LogP contribution in [0.15, 0.2) is 0 Å². The van der Waals surface area contributed by atoms with Gasteiger partial charge >= 0.3 is 316 Å². The first-order chi connectivity index (χ1) is 27.4. The molecule has 7 heteroatoms. The van der Waals surface area contributed by atoms with Gasteiger partial charge in [-0.15, -0.1) is 0 Å². The monoisotopic (exact) mass is 901 g/mol. The first-order valence-electron chi connectivity index (χ1n) is 25.1. The fourth-order valence-electron chi connectivity index (χ4n) is 7.63. The Kier molecular flexibility index (Phi) is 43.2. The number of hydrogen-bond acceptors (Lipinski definition) is 6. The van der Waals surface area contributed by atoms with Crippen LogP contribution >= 0.6 is 0 Å². The van der Waals surface area contributed by atoms with Crippen LogP contribution in [0.2, 0.25) is 4.44 Å². The Balaban J connectivity index is 5.31. The number of carbonyl (C=O) groups excluding carboxylic acids is 3. The van der Waals surface area contributed by atoms with Crippen molar-refractivity contribution < 1.29 is 23.6 Å². The Morgan fingerprint density at radius 1 is 0.268 bits per heavy atom. The Morgan fingerprint density at radius 3 is 0.661 bits per heavy atom. The van der Waals surface area contributed by atoms with Crippen molar-refractivity contribution in [2.24, 2.45) is 0 Å². The molecule has 0 spiro atoms. The van der Waals surface area contributed by atoms with Gasteiger partial charge in [0, 0.05) is 0 Å². The Labute approximate surface area is 354 Å². The molecule has 0 N–H and O–H groups in total. The van der Waals surface area contributed by atoms with Crippen LogP contribution in [0.3, 0.4) is 0 Å². The average molecular weight is 900 g/mol. The normalized spacial score (nSPS) is 11.6. The van der Waals surface area contributed by atoms with E-state index < -0.39 is 19.6 Å². The molecule has 0 bridgehead atoms. The van der Waals surface area contributed by atoms with E-state index in [-0.39, 0.29) is 17.9 Å². The molecule has 6 nitrogen and oxygen atoms in total. The number of carbonyl (C=O) groups is 3. The predicted molar refractivity (Wildman–Crippen MR) is 241 cm³/mol. The van der Waals surface area contributed by atoms with E-state index >= 15 is 0 Å². The molecule has 0 aromatic rings. The maximum absolute atomic E-state index is 13.4. The van der Waals surface area contributed by atoms with Crippen molar-refractivity contribution in [2.75, 3.05) is 0 Å². The summed E-state index contributed by atoms with van der Waals surface area (Å²) in [6.07, 6.45) is 45.6. The van der Waals surface area contributed by atoms with E-state index in [1.165, 1.54) is 167 Å². The van der Waals surface area contributed by atoms with Gasteiger partial charge in [0.25, 0.3) is 0 Å². The molecule has 0 fully saturated rings. The average Bonchev–Trinajstić information content (AvgIpc) is 3.18. The zero-order valence-electron chi connectivity index (χ0n) is 38.1. The van der Waals surface area contributed by atoms with Crippen LogP contribution in [0, 0.1) is 0 Å². The van der Waals surface area contributed by atoms with Crippen LogP contribution in [-0.2, 0) is 23.6 Å². The minimum Gasteiger partial charge on any atom is -0.0654 e. The van der Waals surface area contributed by atoms with Crippen molar-refractivity contribution in [1.29, 1.82) is 0 Å². The molecule has 0 aliphatic carbocycles. The minimum atomic E-state index is -4.90. The summed E-state index contributed by atoms with van der Waals surface area (Å²) < 4.78 is 19.0. The molecular formula is C49H96O6Sn. The second-order valence-corrected chi connectivity index (χ2v) is 24.2. The minimum absolute atomic E-state index is 0.290. The van der Waals surface area contributed by atoms with Gasteiger partial charge in [0.1, 0.15) is 0 Å². The molecule has 0 heterocycles. The van der Waals surface area contributed by atoms with Gasteiger partial charge < -0.3 is 0 Å². The Bertz CT molecular complexity index is 770. The van der Waals surface area contributed by atoms with Crippen molar-refractivity contribution in [3.05, 3.63) is 0 Å². The van der Waals surface area contributed by atoms with E-state index in [0.717, 1.165) is 77.0 Å². The van der Waals surface area contributed by atoms with Gasteiger partial charge in [-0.2, -0.15) is 0 Å². The summed E-state index contributed by atoms with van der Waals surface area (Å²) in [6.45, 7) is 8.99. The molecule has 332 valence electrons. The maximum atomic E-state index is 13.4. The Morgan fingerprint density at radius 2 is 0.446 bits per heavy atom. The third-order valence-corrected chi connectivity index (χ3v) is 18.7. The molecule has 0 amide bonds. The number of hydrogen-bond donors (Lipinski definition) is 0. The SMILES string of the molecule is CCCCCCCCCCCCC(=O)[O][Sn]([CH2]CCCCCCCCC)([O]C(=O)CCCCCCCCCCCC)[O]C(=O)CCCCCCCCCCCC. The van der Waals surface area contributed by atoms with Crippen LogP contribution in [0.25, 0.3) is 0 Å². The van der Waals surface area contributed by atoms with Crippen molar-refractivity contribution in [2.45, 2.75) is 295 Å². The van der Waals surface area contributed by atoms with Gasteiger partial charge in [-0.1, -0.05) is 40.0 Å². The molecule has 0 unspecified atom stereocenters. The number of unbranched alkanes of at least 4 members (excludes halogenated alkanes) is 34. The van der Waals surface area contributed by atoms with E-state index in [9.17, 15) is 14.4 Å². The third kappa shape index (κ3) is 38.7. The smallest absolute Gasteiger partial charge is 0.0654 e. The first kappa shape index (κ1) is 55.2. The van der Waals surface area contributed by atoms with Crippen LogP contribution in [0.1, 0.15) is 291 Å². The third-order valence-electron chi connectivity index (χ3n) is 11.3. The van der Waals surface area contributed by atoms with Crippen molar-refractivity contribution in [3.8, 4) is 0 Å². The molecular weight excluding hydrogens is 803 g/mol. The molecule has 0 atom stereocenters. The fraction of sp³-hybridized carbons (Fsp3) is 0.939. The Hall–Kier alpha value is -0.791. The van der Waals surface area contributed by atoms with Crippen LogP contribution in [0.4, 0.5) is 0 Å². The van der Waals surface area contributed by atoms with Crippen molar-refractivity contribution >= 4 is 37.5 Å². The summed E-state index contributed by atoms with van der Waals surface area (Å²) >= 11 is -4.90. The zero-order chi connectivity index (χ0) is 41.1. The van der Waals surface area contributed by atoms with Crippen molar-refractivity contribution in [1.82, 2.24) is 0 Å². The molecule has 0 aliphatic rings. The molecule has 0 radical (unpaired) electrons. The van der Waals surface area contributed by atoms with E-state index in [1.807, 2.05) is 0 Å². The molecule has 0 saturated heterocycles. The zero-order valence-corrected chi connectivity index (χ0v) is 41.0. The van der Waals surface area contributed by atoms with Crippen LogP contribution in [-0.4, -0.2) is 37.5 Å². The van der Waals surface area contributed by atoms with E-state index in [4.69, 9.17) is 9.22 Å². The summed E-state index contributed by atoms with van der Waals surface area (Å²) in [5.41, 5.74) is 0. The van der Waals surface area contributed by atoms with E-state index in [0.29, 0.717) is 23.7 Å². The molecule has 56 heavy (non-hydrogen) atoms. The van der Waals surface area contributed by atoms with Crippen molar-refractivity contribution in [3.63, 3.8) is 0 Å². The van der Waals surface area contributed by atoms with Gasteiger partial charge in [-0.05, 0) is 0 Å². The van der Waals surface area contributed by atoms with Gasteiger partial charge in [0.05, 0.1) is 0 Å². The second kappa shape index (κ2) is 43.8. The summed E-state index contributed by atoms with van der Waals surface area (Å²) in [6, 6.07) is 0. The molecule has 0 aromatic carbocycles. The predicted octanol–water partition coefficient (Wildman–Crippen LogP) is 16.6. The second-order valence-electron chi connectivity index (χ2n) is 17.1. The van der Waals surface area contributed by atoms with E-state index in [1.54, 1.807) is 0 Å². The molecule has 0 saturated carbocycles. The fourth-order valence-corrected chi connectivity index (χ4v) is 14.7. The van der Waals surface area contributed by atoms with Gasteiger partial charge in [0.15, 0.2) is 0 Å². The first-order valence-corrected chi connectivity index (χ1v) is 30.6. The summed E-state index contributed by atoms with van der Waals surface area (Å²) in [5, 5.41) is 0. The molecule has 0 aromatic heterocycles. The van der Waals surface area contributed by atoms with Crippen LogP contribution < -0.4 is 0 Å². The van der Waals surface area contributed by atoms with Gasteiger partial charge in [0.2, 0.25) is 0 Å². The quantitative estimate of drug-likeness (QED) is 0.0447. The van der Waals surface area contributed by atoms with E-state index in [2.05, 4.69) is 27.7 Å². The number of rotatable bonds is 45. The topological polar surface area (TPSA) is 78.9 Å². The summed E-state index contributed by atoms with van der Waals surface area (Å²) in [7, 11) is 0. The van der Waals surface area contributed by atoms with Gasteiger partial charge in [-0.25, -0.2) is 0 Å². The van der Waals surface area contributed by atoms with Gasteiger partial charge in [-0.3, -0.25) is 0 Å². The van der Waals surface area contributed by atoms with Crippen LogP contribution in [0.5, 0.6) is 0 Å². The standard InChI is InChI=1S/3C13H26O2.C10H21.Sn/c3*1-2-3-4-5-6-7-8-9-10-11-12-13(14)15;1-3-5-7-9-10-8-6-4-2;/h3*2-12H2,1H3,(H,14,15);1,3-10H2,2H3;/q;;;;+3/p-3. The molecule has 0 rings (SSSR count). The summed E-state index contributed by atoms with van der Waals surface area (Å²) in [5.74, 6) is -1.05.